The van der Waals surface area contributed by atoms with Gasteiger partial charge in [-0.15, -0.1) is 0 Å². The van der Waals surface area contributed by atoms with Gasteiger partial charge in [0.15, 0.2) is 57.8 Å². The first-order chi connectivity index (χ1) is 34.0. The van der Waals surface area contributed by atoms with Crippen molar-refractivity contribution >= 4 is 22.1 Å². The maximum Gasteiger partial charge on any atom is 0.164 e. The van der Waals surface area contributed by atoms with Crippen LogP contribution in [-0.4, -0.2) is 79.5 Å². The molecule has 8 rings (SSSR count). The van der Waals surface area contributed by atoms with Crippen LogP contribution in [0.2, 0.25) is 0 Å². The minimum absolute atomic E-state index is 0.473. The third-order valence-electron chi connectivity index (χ3n) is 13.8. The van der Waals surface area contributed by atoms with Crippen molar-refractivity contribution in [3.8, 4) is 80.0 Å². The summed E-state index contributed by atoms with van der Waals surface area (Å²) in [5.74, 6) is 7.30. The third kappa shape index (κ3) is 10.3. The monoisotopic (exact) mass is 955 g/mol. The quantitative estimate of drug-likeness (QED) is 0.0552. The summed E-state index contributed by atoms with van der Waals surface area (Å²) in [5.41, 5.74) is 3.19. The number of aromatic amines is 2. The molecule has 8 bridgehead atoms. The zero-order valence-corrected chi connectivity index (χ0v) is 43.3. The Labute approximate surface area is 413 Å². The van der Waals surface area contributed by atoms with E-state index in [1.54, 1.807) is 0 Å². The number of aromatic nitrogens is 8. The second kappa shape index (κ2) is 22.3. The van der Waals surface area contributed by atoms with Crippen LogP contribution in [0.5, 0.6) is 34.5 Å². The normalized spacial score (nSPS) is 13.7. The fraction of sp³-hybridized carbons (Fsp3) is 0.536. The lowest BCUT2D eigenvalue weighted by Crippen LogP contribution is -2.37. The number of H-pyrrole nitrogens is 2. The van der Waals surface area contributed by atoms with E-state index < -0.39 is 10.8 Å². The summed E-state index contributed by atoms with van der Waals surface area (Å²) >= 11 is 0. The molecule has 0 saturated carbocycles. The molecule has 3 aromatic carbocycles. The Kier molecular flexibility index (Phi) is 16.0. The molecule has 0 fully saturated rings. The van der Waals surface area contributed by atoms with Crippen LogP contribution < -0.4 is 28.4 Å². The van der Waals surface area contributed by atoms with Crippen LogP contribution in [0.25, 0.3) is 67.6 Å². The van der Waals surface area contributed by atoms with Crippen molar-refractivity contribution in [2.45, 2.75) is 157 Å². The van der Waals surface area contributed by atoms with E-state index in [9.17, 15) is 0 Å². The lowest BCUT2D eigenvalue weighted by molar-refractivity contribution is 0.262. The van der Waals surface area contributed by atoms with Crippen LogP contribution >= 0.6 is 0 Å². The van der Waals surface area contributed by atoms with Gasteiger partial charge in [0.05, 0.1) is 39.6 Å². The van der Waals surface area contributed by atoms with E-state index in [1.165, 1.54) is 0 Å². The van der Waals surface area contributed by atoms with E-state index in [2.05, 4.69) is 79.2 Å². The maximum absolute atomic E-state index is 6.48. The van der Waals surface area contributed by atoms with Crippen molar-refractivity contribution in [1.29, 1.82) is 0 Å². The Balaban J connectivity index is 1.47. The average molecular weight is 955 g/mol. The van der Waals surface area contributed by atoms with Gasteiger partial charge < -0.3 is 38.4 Å². The van der Waals surface area contributed by atoms with Crippen LogP contribution in [-0.2, 0) is 10.8 Å². The predicted octanol–water partition coefficient (Wildman–Crippen LogP) is 13.8. The molecule has 374 valence electrons. The fourth-order valence-electron chi connectivity index (χ4n) is 8.43. The number of hydrogen-bond donors (Lipinski definition) is 2. The molecule has 5 heterocycles. The highest BCUT2D eigenvalue weighted by molar-refractivity contribution is 6.06. The molecule has 3 aliphatic rings. The van der Waals surface area contributed by atoms with Crippen molar-refractivity contribution < 1.29 is 28.4 Å². The minimum atomic E-state index is -0.522. The number of fused-ring (bicyclic) bond motifs is 17. The lowest BCUT2D eigenvalue weighted by Gasteiger charge is -2.33. The zero-order valence-electron chi connectivity index (χ0n) is 43.3. The number of rotatable bonds is 24. The van der Waals surface area contributed by atoms with E-state index >= 15 is 0 Å². The molecule has 0 spiro atoms. The molecule has 2 aromatic heterocycles. The Morgan fingerprint density at radius 3 is 0.871 bits per heavy atom. The van der Waals surface area contributed by atoms with Gasteiger partial charge in [0.1, 0.15) is 22.9 Å². The molecule has 0 saturated heterocycles. The van der Waals surface area contributed by atoms with Crippen LogP contribution in [0.3, 0.4) is 0 Å². The molecular weight excluding hydrogens is 881 g/mol. The third-order valence-corrected chi connectivity index (χ3v) is 13.8. The molecule has 3 aliphatic heterocycles. The zero-order chi connectivity index (χ0) is 49.4. The van der Waals surface area contributed by atoms with Gasteiger partial charge >= 0.3 is 0 Å². The summed E-state index contributed by atoms with van der Waals surface area (Å²) in [6.07, 6.45) is 11.4. The van der Waals surface area contributed by atoms with Crippen molar-refractivity contribution in [3.05, 3.63) is 48.0 Å². The highest BCUT2D eigenvalue weighted by atomic mass is 16.5. The highest BCUT2D eigenvalue weighted by Gasteiger charge is 2.48. The van der Waals surface area contributed by atoms with E-state index in [1.807, 2.05) is 36.4 Å². The van der Waals surface area contributed by atoms with Gasteiger partial charge in [0.25, 0.3) is 0 Å². The topological polar surface area (TPSA) is 164 Å². The molecule has 0 aliphatic carbocycles. The number of nitrogens with one attached hydrogen (secondary N) is 2. The molecule has 0 radical (unpaired) electrons. The van der Waals surface area contributed by atoms with Gasteiger partial charge in [-0.2, -0.15) is 0 Å². The Bertz CT molecular complexity index is 2660. The SMILES string of the molecule is CCCCOc1cc2c(cc1OCCCC)-c1nc-2nc2[nH]c(nc3nc(nc4[nH]c(n1)c1cc(OCCCC)c(OCCCC)cc41)-c1cc(OCCCC)c(OCCCC)cc1-3)C(C)(C)C2(C)C. The number of ether oxygens (including phenoxy) is 6. The molecule has 70 heavy (non-hydrogen) atoms. The maximum atomic E-state index is 6.48. The van der Waals surface area contributed by atoms with E-state index in [0.717, 1.165) is 122 Å². The largest absolute Gasteiger partial charge is 0.490 e. The van der Waals surface area contributed by atoms with Gasteiger partial charge in [-0.05, 0) is 74.9 Å². The minimum Gasteiger partial charge on any atom is -0.490 e. The standard InChI is InChI=1S/C56H74N8O6/c1-11-17-23-65-41-29-35-36(30-42(41)66-24-18-12-2)48-57-47(35)58-49-37-31-43(67-25-19-13-3)45(69-27-21-15-5)33-39(37)51(60-49)62-53-55(7,8)56(9,10)54(64-53)63-52-40-34-46(70-28-22-16-6)44(68-26-20-14-4)32-38(40)50(59-48)61-52/h29-34H,11-28H2,1-10H3,(H2,57,58,59,60,61,62,63,64). The van der Waals surface area contributed by atoms with Crippen LogP contribution in [0.15, 0.2) is 36.4 Å². The summed E-state index contributed by atoms with van der Waals surface area (Å²) in [5, 5.41) is 1.57. The molecule has 14 nitrogen and oxygen atoms in total. The highest BCUT2D eigenvalue weighted by Crippen LogP contribution is 2.49. The Morgan fingerprint density at radius 1 is 0.343 bits per heavy atom. The van der Waals surface area contributed by atoms with E-state index in [0.29, 0.717) is 109 Å². The average Bonchev–Trinajstić information content (AvgIpc) is 4.01. The Morgan fingerprint density at radius 2 is 0.600 bits per heavy atom. The summed E-state index contributed by atoms with van der Waals surface area (Å²) in [6, 6.07) is 12.1. The first-order valence-corrected chi connectivity index (χ1v) is 26.1. The predicted molar refractivity (Wildman–Crippen MR) is 278 cm³/mol. The van der Waals surface area contributed by atoms with E-state index in [-0.39, 0.29) is 0 Å². The number of hydrogen-bond acceptors (Lipinski definition) is 12. The summed E-state index contributed by atoms with van der Waals surface area (Å²) in [6.45, 7) is 25.0. The van der Waals surface area contributed by atoms with Gasteiger partial charge in [-0.3, -0.25) is 0 Å². The Hall–Kier alpha value is -6.18. The number of benzene rings is 3. The second-order valence-electron chi connectivity index (χ2n) is 19.6. The first kappa shape index (κ1) is 50.2. The number of unbranched alkanes of at least 4 members (excludes halogenated alkanes) is 6. The van der Waals surface area contributed by atoms with Crippen molar-refractivity contribution in [2.75, 3.05) is 39.6 Å². The van der Waals surface area contributed by atoms with Gasteiger partial charge in [0.2, 0.25) is 0 Å². The molecule has 0 atom stereocenters. The lowest BCUT2D eigenvalue weighted by atomic mass is 9.69. The van der Waals surface area contributed by atoms with Crippen molar-refractivity contribution in [1.82, 2.24) is 39.9 Å². The number of nitrogens with zero attached hydrogens (tertiary/aromatic N) is 6. The molecule has 2 N–H and O–H groups in total. The fourth-order valence-corrected chi connectivity index (χ4v) is 8.43. The smallest absolute Gasteiger partial charge is 0.164 e. The molecule has 5 aromatic rings. The molecular formula is C56H74N8O6. The second-order valence-corrected chi connectivity index (χ2v) is 19.6. The van der Waals surface area contributed by atoms with Crippen LogP contribution in [0.1, 0.15) is 158 Å². The molecule has 0 amide bonds. The first-order valence-electron chi connectivity index (χ1n) is 26.1. The van der Waals surface area contributed by atoms with Crippen molar-refractivity contribution in [2.24, 2.45) is 0 Å². The van der Waals surface area contributed by atoms with Crippen LogP contribution in [0, 0.1) is 0 Å². The van der Waals surface area contributed by atoms with Crippen molar-refractivity contribution in [3.63, 3.8) is 0 Å². The van der Waals surface area contributed by atoms with E-state index in [4.69, 9.17) is 58.3 Å². The van der Waals surface area contributed by atoms with Gasteiger partial charge in [0, 0.05) is 43.9 Å². The summed E-state index contributed by atoms with van der Waals surface area (Å²) < 4.78 is 38.8. The van der Waals surface area contributed by atoms with Gasteiger partial charge in [-0.25, -0.2) is 29.9 Å². The van der Waals surface area contributed by atoms with Crippen LogP contribution in [0.4, 0.5) is 0 Å². The molecule has 14 heteroatoms. The summed E-state index contributed by atoms with van der Waals surface area (Å²) in [4.78, 5) is 39.4. The summed E-state index contributed by atoms with van der Waals surface area (Å²) in [7, 11) is 0. The van der Waals surface area contributed by atoms with Gasteiger partial charge in [-0.1, -0.05) is 108 Å². The molecule has 0 unspecified atom stereocenters.